The average Bonchev–Trinajstić information content (AvgIpc) is 2.39. The van der Waals surface area contributed by atoms with E-state index in [1.54, 1.807) is 0 Å². The van der Waals surface area contributed by atoms with Crippen molar-refractivity contribution in [1.29, 1.82) is 0 Å². The van der Waals surface area contributed by atoms with Crippen LogP contribution in [-0.4, -0.2) is 12.6 Å². The lowest BCUT2D eigenvalue weighted by Gasteiger charge is -2.43. The van der Waals surface area contributed by atoms with Crippen molar-refractivity contribution in [1.82, 2.24) is 5.32 Å². The van der Waals surface area contributed by atoms with Crippen LogP contribution in [0.2, 0.25) is 0 Å². The molecular weight excluding hydrogens is 230 g/mol. The first-order chi connectivity index (χ1) is 9.13. The largest absolute Gasteiger partial charge is 0.314 e. The molecule has 0 spiro atoms. The fourth-order valence-corrected chi connectivity index (χ4v) is 3.75. The lowest BCUT2D eigenvalue weighted by atomic mass is 9.65. The molecule has 1 nitrogen and oxygen atoms in total. The standard InChI is InChI=1S/C18H29N/c1-4-19-17(14-15-10-6-5-7-11-15)16-12-8-9-13-18(16,2)3/h5-7,10-11,16-17,19H,4,8-9,12-14H2,1-3H3. The molecule has 1 fully saturated rings. The number of benzene rings is 1. The summed E-state index contributed by atoms with van der Waals surface area (Å²) in [5.41, 5.74) is 1.95. The first-order valence-corrected chi connectivity index (χ1v) is 7.91. The van der Waals surface area contributed by atoms with E-state index in [1.807, 2.05) is 0 Å². The zero-order valence-electron chi connectivity index (χ0n) is 12.8. The molecule has 2 unspecified atom stereocenters. The number of likely N-dealkylation sites (N-methyl/N-ethyl adjacent to an activating group) is 1. The second-order valence-corrected chi connectivity index (χ2v) is 6.69. The van der Waals surface area contributed by atoms with E-state index in [-0.39, 0.29) is 0 Å². The molecule has 0 bridgehead atoms. The van der Waals surface area contributed by atoms with E-state index in [0.717, 1.165) is 12.5 Å². The summed E-state index contributed by atoms with van der Waals surface area (Å²) in [6.45, 7) is 8.23. The SMILES string of the molecule is CCNC(Cc1ccccc1)C1CCCCC1(C)C. The molecule has 1 N–H and O–H groups in total. The van der Waals surface area contributed by atoms with Gasteiger partial charge in [-0.05, 0) is 42.7 Å². The predicted octanol–water partition coefficient (Wildman–Crippen LogP) is 4.42. The summed E-state index contributed by atoms with van der Waals surface area (Å²) in [6, 6.07) is 11.6. The molecule has 0 aromatic heterocycles. The lowest BCUT2D eigenvalue weighted by molar-refractivity contribution is 0.0988. The van der Waals surface area contributed by atoms with Crippen molar-refractivity contribution in [2.24, 2.45) is 11.3 Å². The van der Waals surface area contributed by atoms with E-state index in [0.29, 0.717) is 11.5 Å². The van der Waals surface area contributed by atoms with Gasteiger partial charge >= 0.3 is 0 Å². The highest BCUT2D eigenvalue weighted by molar-refractivity contribution is 5.16. The van der Waals surface area contributed by atoms with Gasteiger partial charge in [-0.1, -0.05) is 63.9 Å². The van der Waals surface area contributed by atoms with E-state index in [2.05, 4.69) is 56.4 Å². The predicted molar refractivity (Wildman–Crippen MR) is 83.3 cm³/mol. The third-order valence-corrected chi connectivity index (χ3v) is 4.84. The molecular formula is C18H29N. The van der Waals surface area contributed by atoms with Crippen LogP contribution in [0.5, 0.6) is 0 Å². The summed E-state index contributed by atoms with van der Waals surface area (Å²) in [7, 11) is 0. The minimum Gasteiger partial charge on any atom is -0.314 e. The van der Waals surface area contributed by atoms with Crippen LogP contribution in [0.15, 0.2) is 30.3 Å². The maximum Gasteiger partial charge on any atom is 0.0141 e. The lowest BCUT2D eigenvalue weighted by Crippen LogP contribution is -2.46. The van der Waals surface area contributed by atoms with Crippen molar-refractivity contribution in [2.45, 2.75) is 58.9 Å². The fraction of sp³-hybridized carbons (Fsp3) is 0.667. The highest BCUT2D eigenvalue weighted by atomic mass is 14.9. The zero-order chi connectivity index (χ0) is 13.7. The Kier molecular flexibility index (Phi) is 5.04. The van der Waals surface area contributed by atoms with Gasteiger partial charge in [0.2, 0.25) is 0 Å². The van der Waals surface area contributed by atoms with E-state index < -0.39 is 0 Å². The Labute approximate surface area is 118 Å². The minimum atomic E-state index is 0.486. The Bertz CT molecular complexity index is 369. The third-order valence-electron chi connectivity index (χ3n) is 4.84. The summed E-state index contributed by atoms with van der Waals surface area (Å²) < 4.78 is 0. The molecule has 1 saturated carbocycles. The van der Waals surface area contributed by atoms with Crippen LogP contribution >= 0.6 is 0 Å². The van der Waals surface area contributed by atoms with E-state index in [4.69, 9.17) is 0 Å². The Hall–Kier alpha value is -0.820. The van der Waals surface area contributed by atoms with Crippen LogP contribution in [0.1, 0.15) is 52.0 Å². The number of nitrogens with one attached hydrogen (secondary N) is 1. The normalized spacial score (nSPS) is 24.1. The van der Waals surface area contributed by atoms with Gasteiger partial charge in [-0.25, -0.2) is 0 Å². The van der Waals surface area contributed by atoms with Gasteiger partial charge in [0.15, 0.2) is 0 Å². The smallest absolute Gasteiger partial charge is 0.0141 e. The van der Waals surface area contributed by atoms with Gasteiger partial charge in [0.1, 0.15) is 0 Å². The summed E-state index contributed by atoms with van der Waals surface area (Å²) in [5.74, 6) is 0.807. The third kappa shape index (κ3) is 3.82. The number of hydrogen-bond acceptors (Lipinski definition) is 1. The van der Waals surface area contributed by atoms with Crippen molar-refractivity contribution in [3.05, 3.63) is 35.9 Å². The fourth-order valence-electron chi connectivity index (χ4n) is 3.75. The maximum absolute atomic E-state index is 3.76. The van der Waals surface area contributed by atoms with Gasteiger partial charge in [-0.15, -0.1) is 0 Å². The van der Waals surface area contributed by atoms with Crippen LogP contribution in [0.25, 0.3) is 0 Å². The molecule has 1 aromatic rings. The molecule has 0 aliphatic heterocycles. The summed E-state index contributed by atoms with van der Waals surface area (Å²) in [4.78, 5) is 0. The second kappa shape index (κ2) is 6.56. The molecule has 0 radical (unpaired) electrons. The van der Waals surface area contributed by atoms with Gasteiger partial charge in [0, 0.05) is 6.04 Å². The van der Waals surface area contributed by atoms with Crippen molar-refractivity contribution in [2.75, 3.05) is 6.54 Å². The molecule has 106 valence electrons. The molecule has 0 saturated heterocycles. The molecule has 1 heteroatoms. The van der Waals surface area contributed by atoms with Gasteiger partial charge in [0.05, 0.1) is 0 Å². The summed E-state index contributed by atoms with van der Waals surface area (Å²) >= 11 is 0. The van der Waals surface area contributed by atoms with E-state index in [9.17, 15) is 0 Å². The molecule has 2 rings (SSSR count). The van der Waals surface area contributed by atoms with Crippen LogP contribution in [0.3, 0.4) is 0 Å². The Balaban J connectivity index is 2.10. The maximum atomic E-state index is 3.76. The first kappa shape index (κ1) is 14.6. The molecule has 2 atom stereocenters. The van der Waals surface area contributed by atoms with Gasteiger partial charge < -0.3 is 5.32 Å². The van der Waals surface area contributed by atoms with Crippen molar-refractivity contribution in [3.63, 3.8) is 0 Å². The zero-order valence-corrected chi connectivity index (χ0v) is 12.8. The molecule has 19 heavy (non-hydrogen) atoms. The number of hydrogen-bond donors (Lipinski definition) is 1. The van der Waals surface area contributed by atoms with Crippen LogP contribution in [-0.2, 0) is 6.42 Å². The monoisotopic (exact) mass is 259 g/mol. The first-order valence-electron chi connectivity index (χ1n) is 7.91. The van der Waals surface area contributed by atoms with E-state index >= 15 is 0 Å². The van der Waals surface area contributed by atoms with Crippen molar-refractivity contribution < 1.29 is 0 Å². The van der Waals surface area contributed by atoms with Crippen molar-refractivity contribution >= 4 is 0 Å². The Morgan fingerprint density at radius 1 is 1.21 bits per heavy atom. The molecule has 1 aliphatic rings. The highest BCUT2D eigenvalue weighted by Gasteiger charge is 2.36. The summed E-state index contributed by atoms with van der Waals surface area (Å²) in [6.07, 6.45) is 6.76. The Morgan fingerprint density at radius 2 is 1.95 bits per heavy atom. The Morgan fingerprint density at radius 3 is 2.58 bits per heavy atom. The van der Waals surface area contributed by atoms with Gasteiger partial charge in [-0.3, -0.25) is 0 Å². The molecule has 0 heterocycles. The minimum absolute atomic E-state index is 0.486. The average molecular weight is 259 g/mol. The highest BCUT2D eigenvalue weighted by Crippen LogP contribution is 2.42. The van der Waals surface area contributed by atoms with Gasteiger partial charge in [-0.2, -0.15) is 0 Å². The van der Waals surface area contributed by atoms with Crippen LogP contribution in [0, 0.1) is 11.3 Å². The second-order valence-electron chi connectivity index (χ2n) is 6.69. The van der Waals surface area contributed by atoms with E-state index in [1.165, 1.54) is 37.7 Å². The molecule has 1 aromatic carbocycles. The topological polar surface area (TPSA) is 12.0 Å². The van der Waals surface area contributed by atoms with Crippen molar-refractivity contribution in [3.8, 4) is 0 Å². The van der Waals surface area contributed by atoms with Gasteiger partial charge in [0.25, 0.3) is 0 Å². The quantitative estimate of drug-likeness (QED) is 0.825. The molecule has 1 aliphatic carbocycles. The van der Waals surface area contributed by atoms with Crippen LogP contribution in [0.4, 0.5) is 0 Å². The summed E-state index contributed by atoms with van der Waals surface area (Å²) in [5, 5.41) is 3.76. The van der Waals surface area contributed by atoms with Crippen LogP contribution < -0.4 is 5.32 Å². The number of rotatable bonds is 5. The molecule has 0 amide bonds.